The highest BCUT2D eigenvalue weighted by molar-refractivity contribution is 7.62. The van der Waals surface area contributed by atoms with Crippen molar-refractivity contribution < 1.29 is 14.0 Å². The van der Waals surface area contributed by atoms with E-state index in [4.69, 9.17) is 4.52 Å². The molecular formula is C20H25O3P. The number of fused-ring (bicyclic) bond motifs is 3. The second-order valence-electron chi connectivity index (χ2n) is 6.73. The number of rotatable bonds is 4. The fourth-order valence-electron chi connectivity index (χ4n) is 3.26. The molecule has 0 aromatic heterocycles. The maximum Gasteiger partial charge on any atom is 0.409 e. The van der Waals surface area contributed by atoms with Gasteiger partial charge >= 0.3 is 7.60 Å². The Kier molecular flexibility index (Phi) is 4.59. The van der Waals surface area contributed by atoms with Crippen LogP contribution in [-0.2, 0) is 4.57 Å². The van der Waals surface area contributed by atoms with E-state index in [1.807, 2.05) is 18.2 Å². The van der Waals surface area contributed by atoms with Crippen LogP contribution in [0.4, 0.5) is 0 Å². The molecule has 4 heteroatoms. The molecule has 0 spiro atoms. The minimum Gasteiger partial charge on any atom is -0.421 e. The van der Waals surface area contributed by atoms with Crippen LogP contribution < -0.4 is 9.83 Å². The molecular weight excluding hydrogens is 319 g/mol. The highest BCUT2D eigenvalue weighted by atomic mass is 31.2. The molecule has 0 saturated heterocycles. The zero-order valence-corrected chi connectivity index (χ0v) is 15.6. The van der Waals surface area contributed by atoms with Crippen molar-refractivity contribution in [3.05, 3.63) is 47.5 Å². The van der Waals surface area contributed by atoms with Gasteiger partial charge < -0.3 is 9.42 Å². The van der Waals surface area contributed by atoms with Crippen molar-refractivity contribution in [1.82, 2.24) is 0 Å². The molecule has 1 aliphatic heterocycles. The lowest BCUT2D eigenvalue weighted by molar-refractivity contribution is 0.391. The highest BCUT2D eigenvalue weighted by Crippen LogP contribution is 2.53. The van der Waals surface area contributed by atoms with Gasteiger partial charge in [0.25, 0.3) is 0 Å². The average molecular weight is 344 g/mol. The van der Waals surface area contributed by atoms with Crippen molar-refractivity contribution >= 4 is 12.9 Å². The second-order valence-corrected chi connectivity index (χ2v) is 8.40. The molecule has 3 nitrogen and oxygen atoms in total. The van der Waals surface area contributed by atoms with E-state index in [2.05, 4.69) is 39.8 Å². The normalized spacial score (nSPS) is 21.4. The maximum atomic E-state index is 12.9. The van der Waals surface area contributed by atoms with Crippen LogP contribution in [0.2, 0.25) is 0 Å². The molecule has 0 fully saturated rings. The third-order valence-electron chi connectivity index (χ3n) is 5.17. The zero-order chi connectivity index (χ0) is 17.5. The molecule has 3 unspecified atom stereocenters. The molecule has 24 heavy (non-hydrogen) atoms. The van der Waals surface area contributed by atoms with Crippen molar-refractivity contribution in [2.75, 3.05) is 0 Å². The zero-order valence-electron chi connectivity index (χ0n) is 14.7. The Morgan fingerprint density at radius 1 is 1.04 bits per heavy atom. The summed E-state index contributed by atoms with van der Waals surface area (Å²) >= 11 is 0. The van der Waals surface area contributed by atoms with Gasteiger partial charge in [0.05, 0.1) is 5.30 Å². The summed E-state index contributed by atoms with van der Waals surface area (Å²) in [4.78, 5) is 10.6. The third kappa shape index (κ3) is 2.81. The van der Waals surface area contributed by atoms with Crippen molar-refractivity contribution in [1.29, 1.82) is 0 Å². The van der Waals surface area contributed by atoms with Crippen LogP contribution in [0, 0.1) is 0 Å². The summed E-state index contributed by atoms with van der Waals surface area (Å²) in [5.74, 6) is 1.11. The van der Waals surface area contributed by atoms with Crippen LogP contribution in [0.25, 0.3) is 11.1 Å². The standard InChI is InChI=1S/C20H25O3P/c1-5-13(3)15-11-17(14(4)6-2)20-18(12-15)16-9-7-8-10-19(16)23-24(20,21)22/h7-14H,5-6H2,1-4H3,(H,21,22). The van der Waals surface area contributed by atoms with E-state index >= 15 is 0 Å². The van der Waals surface area contributed by atoms with Gasteiger partial charge in [-0.25, -0.2) is 4.57 Å². The van der Waals surface area contributed by atoms with Gasteiger partial charge in [0, 0.05) is 11.1 Å². The summed E-state index contributed by atoms with van der Waals surface area (Å²) in [6.45, 7) is 8.58. The molecule has 2 aromatic rings. The molecule has 3 rings (SSSR count). The topological polar surface area (TPSA) is 46.5 Å². The van der Waals surface area contributed by atoms with Gasteiger partial charge in [0.2, 0.25) is 0 Å². The van der Waals surface area contributed by atoms with Gasteiger partial charge in [-0.1, -0.05) is 52.0 Å². The number of benzene rings is 2. The molecule has 1 heterocycles. The Morgan fingerprint density at radius 2 is 1.71 bits per heavy atom. The smallest absolute Gasteiger partial charge is 0.409 e. The van der Waals surface area contributed by atoms with Gasteiger partial charge in [-0.05, 0) is 47.9 Å². The summed E-state index contributed by atoms with van der Waals surface area (Å²) in [5.41, 5.74) is 3.94. The minimum absolute atomic E-state index is 0.206. The average Bonchev–Trinajstić information content (AvgIpc) is 2.58. The molecule has 128 valence electrons. The van der Waals surface area contributed by atoms with E-state index in [1.54, 1.807) is 6.07 Å². The van der Waals surface area contributed by atoms with Gasteiger partial charge in [-0.3, -0.25) is 0 Å². The highest BCUT2D eigenvalue weighted by Gasteiger charge is 2.38. The Hall–Kier alpha value is -1.57. The fraction of sp³-hybridized carbons (Fsp3) is 0.400. The number of hydrogen-bond acceptors (Lipinski definition) is 2. The van der Waals surface area contributed by atoms with E-state index < -0.39 is 7.60 Å². The largest absolute Gasteiger partial charge is 0.421 e. The number of hydrogen-bond donors (Lipinski definition) is 1. The predicted octanol–water partition coefficient (Wildman–Crippen LogP) is 5.58. The summed E-state index contributed by atoms with van der Waals surface area (Å²) < 4.78 is 18.5. The first-order valence-electron chi connectivity index (χ1n) is 8.69. The van der Waals surface area contributed by atoms with Crippen molar-refractivity contribution in [3.8, 4) is 16.9 Å². The van der Waals surface area contributed by atoms with Crippen LogP contribution in [0.1, 0.15) is 63.5 Å². The van der Waals surface area contributed by atoms with Crippen LogP contribution in [-0.4, -0.2) is 4.89 Å². The van der Waals surface area contributed by atoms with Gasteiger partial charge in [0.15, 0.2) is 0 Å². The Morgan fingerprint density at radius 3 is 2.38 bits per heavy atom. The van der Waals surface area contributed by atoms with E-state index in [0.29, 0.717) is 17.0 Å². The third-order valence-corrected chi connectivity index (χ3v) is 6.68. The van der Waals surface area contributed by atoms with Crippen LogP contribution >= 0.6 is 7.60 Å². The summed E-state index contributed by atoms with van der Waals surface area (Å²) in [5, 5.41) is 0.489. The fourth-order valence-corrected chi connectivity index (χ4v) is 4.88. The van der Waals surface area contributed by atoms with Crippen LogP contribution in [0.5, 0.6) is 5.75 Å². The summed E-state index contributed by atoms with van der Waals surface area (Å²) in [6, 6.07) is 11.7. The monoisotopic (exact) mass is 344 g/mol. The van der Waals surface area contributed by atoms with Crippen LogP contribution in [0.15, 0.2) is 36.4 Å². The molecule has 1 aliphatic rings. The SMILES string of the molecule is CCC(C)c1cc2c(c(C(C)CC)c1)P(=O)(O)Oc1ccccc1-2. The Bertz CT molecular complexity index is 813. The van der Waals surface area contributed by atoms with E-state index in [9.17, 15) is 9.46 Å². The van der Waals surface area contributed by atoms with Gasteiger partial charge in [-0.2, -0.15) is 0 Å². The Balaban J connectivity index is 2.36. The maximum absolute atomic E-state index is 12.9. The molecule has 2 aromatic carbocycles. The van der Waals surface area contributed by atoms with E-state index in [1.165, 1.54) is 5.56 Å². The summed E-state index contributed by atoms with van der Waals surface area (Å²) in [7, 11) is -3.87. The minimum atomic E-state index is -3.87. The van der Waals surface area contributed by atoms with Gasteiger partial charge in [0.1, 0.15) is 5.75 Å². The van der Waals surface area contributed by atoms with Crippen molar-refractivity contribution in [2.24, 2.45) is 0 Å². The predicted molar refractivity (Wildman–Crippen MR) is 99.4 cm³/mol. The van der Waals surface area contributed by atoms with Crippen LogP contribution in [0.3, 0.4) is 0 Å². The lowest BCUT2D eigenvalue weighted by Gasteiger charge is -2.29. The van der Waals surface area contributed by atoms with Crippen molar-refractivity contribution in [3.63, 3.8) is 0 Å². The molecule has 0 amide bonds. The first-order valence-corrected chi connectivity index (χ1v) is 10.3. The lowest BCUT2D eigenvalue weighted by atomic mass is 9.87. The second kappa shape index (κ2) is 6.38. The molecule has 0 radical (unpaired) electrons. The lowest BCUT2D eigenvalue weighted by Crippen LogP contribution is -2.23. The molecule has 0 aliphatic carbocycles. The van der Waals surface area contributed by atoms with E-state index in [-0.39, 0.29) is 5.92 Å². The van der Waals surface area contributed by atoms with Gasteiger partial charge in [-0.15, -0.1) is 0 Å². The van der Waals surface area contributed by atoms with E-state index in [0.717, 1.165) is 29.5 Å². The molecule has 3 atom stereocenters. The quantitative estimate of drug-likeness (QED) is 0.736. The summed E-state index contributed by atoms with van der Waals surface area (Å²) in [6.07, 6.45) is 1.95. The molecule has 0 saturated carbocycles. The first-order chi connectivity index (χ1) is 11.4. The molecule has 0 bridgehead atoms. The molecule has 1 N–H and O–H groups in total. The Labute approximate surface area is 144 Å². The first kappa shape index (κ1) is 17.3. The van der Waals surface area contributed by atoms with Crippen molar-refractivity contribution in [2.45, 2.75) is 52.4 Å². The number of para-hydroxylation sites is 1.